The van der Waals surface area contributed by atoms with Crippen LogP contribution in [0, 0.1) is 0 Å². The summed E-state index contributed by atoms with van der Waals surface area (Å²) in [4.78, 5) is 2.30. The van der Waals surface area contributed by atoms with Gasteiger partial charge in [0.2, 0.25) is 0 Å². The summed E-state index contributed by atoms with van der Waals surface area (Å²) in [7, 11) is -0.163. The second-order valence-corrected chi connectivity index (χ2v) is 10.1. The zero-order valence-corrected chi connectivity index (χ0v) is 20.4. The van der Waals surface area contributed by atoms with Crippen LogP contribution in [0.5, 0.6) is 11.5 Å². The van der Waals surface area contributed by atoms with E-state index in [-0.39, 0.29) is 11.1 Å². The van der Waals surface area contributed by atoms with Gasteiger partial charge >= 0.3 is 12.0 Å². The Morgan fingerprint density at radius 2 is 1.94 bits per heavy atom. The first-order valence-corrected chi connectivity index (χ1v) is 12.6. The first-order valence-electron chi connectivity index (χ1n) is 11.3. The highest BCUT2D eigenvalue weighted by atomic mass is 32.2. The minimum Gasteiger partial charge on any atom is -0.493 e. The van der Waals surface area contributed by atoms with Gasteiger partial charge in [-0.05, 0) is 44.0 Å². The van der Waals surface area contributed by atoms with Crippen molar-refractivity contribution < 1.29 is 40.4 Å². The van der Waals surface area contributed by atoms with E-state index < -0.39 is 40.5 Å². The molecule has 0 amide bonds. The first kappa shape index (κ1) is 27.6. The lowest BCUT2D eigenvalue weighted by Gasteiger charge is -2.31. The molecule has 35 heavy (non-hydrogen) atoms. The van der Waals surface area contributed by atoms with Crippen LogP contribution in [0.25, 0.3) is 0 Å². The van der Waals surface area contributed by atoms with Gasteiger partial charge in [-0.1, -0.05) is 6.92 Å². The molecule has 0 spiro atoms. The lowest BCUT2D eigenvalue weighted by atomic mass is 10.0. The third-order valence-corrected chi connectivity index (χ3v) is 7.92. The van der Waals surface area contributed by atoms with Gasteiger partial charge in [0.1, 0.15) is 5.37 Å². The maximum atomic E-state index is 13.7. The van der Waals surface area contributed by atoms with Crippen LogP contribution >= 0.6 is 0 Å². The van der Waals surface area contributed by atoms with E-state index in [0.717, 1.165) is 39.2 Å². The van der Waals surface area contributed by atoms with Crippen LogP contribution < -0.4 is 14.9 Å². The summed E-state index contributed by atoms with van der Waals surface area (Å²) >= 11 is 0. The second kappa shape index (κ2) is 11.8. The Kier molecular flexibility index (Phi) is 9.33. The fraction of sp³-hybridized carbons (Fsp3) is 0.682. The Labute approximate surface area is 203 Å². The van der Waals surface area contributed by atoms with E-state index in [9.17, 15) is 26.2 Å². The van der Waals surface area contributed by atoms with Crippen molar-refractivity contribution in [2.75, 3.05) is 46.6 Å². The molecule has 0 aromatic heterocycles. The average Bonchev–Trinajstić information content (AvgIpc) is 2.85. The molecule has 2 aliphatic heterocycles. The highest BCUT2D eigenvalue weighted by molar-refractivity contribution is 7.87. The highest BCUT2D eigenvalue weighted by Gasteiger charge is 2.60. The molecule has 1 saturated heterocycles. The molecule has 7 nitrogen and oxygen atoms in total. The lowest BCUT2D eigenvalue weighted by molar-refractivity contribution is -0.312. The smallest absolute Gasteiger partial charge is 0.467 e. The number of hydrazone groups is 1. The van der Waals surface area contributed by atoms with Crippen LogP contribution in [0.15, 0.2) is 23.3 Å². The molecule has 0 saturated carbocycles. The molecule has 0 radical (unpaired) electrons. The van der Waals surface area contributed by atoms with E-state index in [0.29, 0.717) is 37.3 Å². The maximum absolute atomic E-state index is 13.7. The van der Waals surface area contributed by atoms with Crippen LogP contribution in [0.2, 0.25) is 0 Å². The van der Waals surface area contributed by atoms with Crippen molar-refractivity contribution in [3.05, 3.63) is 23.8 Å². The van der Waals surface area contributed by atoms with Gasteiger partial charge in [-0.2, -0.15) is 22.7 Å². The molecule has 3 atom stereocenters. The number of ether oxygens (including phenoxy) is 3. The molecule has 198 valence electrons. The van der Waals surface area contributed by atoms with Crippen molar-refractivity contribution in [1.29, 1.82) is 0 Å². The zero-order valence-electron chi connectivity index (χ0n) is 19.6. The lowest BCUT2D eigenvalue weighted by Crippen LogP contribution is -2.47. The van der Waals surface area contributed by atoms with Crippen molar-refractivity contribution in [2.45, 2.75) is 48.8 Å². The first-order chi connectivity index (χ1) is 16.6. The van der Waals surface area contributed by atoms with Crippen molar-refractivity contribution in [2.24, 2.45) is 5.10 Å². The quantitative estimate of drug-likeness (QED) is 0.444. The van der Waals surface area contributed by atoms with Gasteiger partial charge in [0.25, 0.3) is 0 Å². The largest absolute Gasteiger partial charge is 0.493 e. The van der Waals surface area contributed by atoms with E-state index in [1.807, 2.05) is 6.92 Å². The molecule has 1 aromatic carbocycles. The molecule has 1 fully saturated rings. The highest BCUT2D eigenvalue weighted by Crippen LogP contribution is 2.40. The van der Waals surface area contributed by atoms with Crippen molar-refractivity contribution in [3.8, 4) is 11.5 Å². The molecule has 3 unspecified atom stereocenters. The Hall–Kier alpha value is -1.99. The number of alkyl halides is 5. The second-order valence-electron chi connectivity index (χ2n) is 8.26. The monoisotopic (exact) mass is 527 g/mol. The molecular weight excluding hydrogens is 497 g/mol. The van der Waals surface area contributed by atoms with Gasteiger partial charge in [0.15, 0.2) is 18.2 Å². The number of rotatable bonds is 11. The SMILES string of the molecule is CCC1C(c2ccc(OC(F)(F)C(F)(F)CF)c(OC)c2)=NNC(CCCN2CCOCC2)S1=O. The topological polar surface area (TPSA) is 72.4 Å². The molecule has 13 heteroatoms. The average molecular weight is 528 g/mol. The van der Waals surface area contributed by atoms with E-state index >= 15 is 0 Å². The molecular formula is C22H30F5N3O4S. The normalized spacial score (nSPS) is 24.0. The molecule has 2 aliphatic rings. The van der Waals surface area contributed by atoms with Gasteiger partial charge in [-0.15, -0.1) is 0 Å². The summed E-state index contributed by atoms with van der Waals surface area (Å²) in [5.74, 6) is -5.96. The fourth-order valence-electron chi connectivity index (χ4n) is 3.89. The number of halogens is 5. The number of morpholine rings is 1. The van der Waals surface area contributed by atoms with Gasteiger partial charge < -0.3 is 14.2 Å². The molecule has 1 aromatic rings. The Balaban J connectivity index is 1.72. The standard InChI is InChI=1S/C22H30F5N3O4S/c1-3-18-20(29-28-19(35(18)31)5-4-8-30-9-11-33-12-10-30)15-6-7-16(17(13-15)32-2)34-22(26,27)21(24,25)14-23/h6-7,13,18-19,28H,3-5,8-12,14H2,1-2H3. The Bertz CT molecular complexity index is 915. The van der Waals surface area contributed by atoms with E-state index in [2.05, 4.69) is 20.2 Å². The Morgan fingerprint density at radius 3 is 2.57 bits per heavy atom. The van der Waals surface area contributed by atoms with E-state index in [4.69, 9.17) is 9.47 Å². The van der Waals surface area contributed by atoms with Gasteiger partial charge in [-0.25, -0.2) is 4.39 Å². The predicted octanol–water partition coefficient (Wildman–Crippen LogP) is 3.54. The van der Waals surface area contributed by atoms with Crippen LogP contribution in [0.1, 0.15) is 31.7 Å². The molecule has 2 heterocycles. The van der Waals surface area contributed by atoms with Crippen molar-refractivity contribution in [1.82, 2.24) is 10.3 Å². The minimum atomic E-state index is -5.08. The van der Waals surface area contributed by atoms with Gasteiger partial charge in [-0.3, -0.25) is 14.5 Å². The number of nitrogens with zero attached hydrogens (tertiary/aromatic N) is 2. The van der Waals surface area contributed by atoms with Crippen LogP contribution in [0.3, 0.4) is 0 Å². The summed E-state index contributed by atoms with van der Waals surface area (Å²) in [6, 6.07) is 3.64. The number of hydrogen-bond donors (Lipinski definition) is 1. The predicted molar refractivity (Wildman–Crippen MR) is 122 cm³/mol. The fourth-order valence-corrected chi connectivity index (χ4v) is 5.58. The number of benzene rings is 1. The van der Waals surface area contributed by atoms with Gasteiger partial charge in [0.05, 0.1) is 42.1 Å². The Morgan fingerprint density at radius 1 is 1.23 bits per heavy atom. The number of nitrogens with one attached hydrogen (secondary N) is 1. The van der Waals surface area contributed by atoms with E-state index in [1.54, 1.807) is 0 Å². The summed E-state index contributed by atoms with van der Waals surface area (Å²) in [6.45, 7) is 3.32. The maximum Gasteiger partial charge on any atom is 0.467 e. The van der Waals surface area contributed by atoms with Crippen LogP contribution in [-0.2, 0) is 15.5 Å². The summed E-state index contributed by atoms with van der Waals surface area (Å²) < 4.78 is 94.1. The third-order valence-electron chi connectivity index (χ3n) is 5.90. The van der Waals surface area contributed by atoms with Crippen LogP contribution in [0.4, 0.5) is 22.0 Å². The van der Waals surface area contributed by atoms with Gasteiger partial charge in [0, 0.05) is 18.7 Å². The molecule has 1 N–H and O–H groups in total. The summed E-state index contributed by atoms with van der Waals surface area (Å²) in [5.41, 5.74) is 3.79. The number of methoxy groups -OCH3 is 1. The van der Waals surface area contributed by atoms with E-state index in [1.165, 1.54) is 12.1 Å². The van der Waals surface area contributed by atoms with Crippen molar-refractivity contribution >= 4 is 16.5 Å². The summed E-state index contributed by atoms with van der Waals surface area (Å²) in [5, 5.41) is 3.64. The molecule has 3 rings (SSSR count). The van der Waals surface area contributed by atoms with Crippen molar-refractivity contribution in [3.63, 3.8) is 0 Å². The summed E-state index contributed by atoms with van der Waals surface area (Å²) in [6.07, 6.45) is -3.08. The minimum absolute atomic E-state index is 0.271. The van der Waals surface area contributed by atoms with Crippen LogP contribution in [-0.4, -0.2) is 84.1 Å². The molecule has 0 bridgehead atoms. The third kappa shape index (κ3) is 6.42. The number of hydrogen-bond acceptors (Lipinski definition) is 7. The zero-order chi connectivity index (χ0) is 25.6. The molecule has 0 aliphatic carbocycles.